The van der Waals surface area contributed by atoms with Crippen molar-refractivity contribution in [2.75, 3.05) is 19.8 Å². The summed E-state index contributed by atoms with van der Waals surface area (Å²) < 4.78 is 41.5. The van der Waals surface area contributed by atoms with E-state index in [9.17, 15) is 8.42 Å². The summed E-state index contributed by atoms with van der Waals surface area (Å²) in [6.07, 6.45) is 0.249. The largest absolute Gasteiger partial charge is 0.414 e. The summed E-state index contributed by atoms with van der Waals surface area (Å²) >= 11 is 6.03. The first-order valence-corrected chi connectivity index (χ1v) is 16.1. The molecule has 0 aliphatic carbocycles. The Labute approximate surface area is 205 Å². The molecule has 1 saturated heterocycles. The smallest absolute Gasteiger partial charge is 0.243 e. The van der Waals surface area contributed by atoms with E-state index in [1.54, 1.807) is 16.4 Å². The van der Waals surface area contributed by atoms with Gasteiger partial charge in [-0.25, -0.2) is 8.42 Å². The van der Waals surface area contributed by atoms with Gasteiger partial charge in [-0.05, 0) is 61.3 Å². The lowest BCUT2D eigenvalue weighted by molar-refractivity contribution is -0.0529. The summed E-state index contributed by atoms with van der Waals surface area (Å²) in [6, 6.07) is 14.3. The van der Waals surface area contributed by atoms with E-state index >= 15 is 0 Å². The van der Waals surface area contributed by atoms with Gasteiger partial charge in [-0.2, -0.15) is 4.31 Å². The Morgan fingerprint density at radius 2 is 1.70 bits per heavy atom. The average Bonchev–Trinajstić information content (AvgIpc) is 2.74. The maximum atomic E-state index is 13.7. The monoisotopic (exact) mass is 509 g/mol. The highest BCUT2D eigenvalue weighted by Gasteiger charge is 2.41. The fourth-order valence-electron chi connectivity index (χ4n) is 3.54. The average molecular weight is 510 g/mol. The van der Waals surface area contributed by atoms with E-state index in [0.29, 0.717) is 29.6 Å². The van der Waals surface area contributed by atoms with Crippen LogP contribution in [-0.2, 0) is 25.6 Å². The van der Waals surface area contributed by atoms with Gasteiger partial charge in [-0.15, -0.1) is 0 Å². The number of halogens is 1. The van der Waals surface area contributed by atoms with Crippen LogP contribution >= 0.6 is 11.6 Å². The zero-order valence-corrected chi connectivity index (χ0v) is 23.0. The first-order chi connectivity index (χ1) is 15.3. The summed E-state index contributed by atoms with van der Waals surface area (Å²) in [5.74, 6) is 0. The zero-order valence-electron chi connectivity index (χ0n) is 20.5. The van der Waals surface area contributed by atoms with Gasteiger partial charge in [0.2, 0.25) is 10.0 Å². The number of hydrogen-bond acceptors (Lipinski definition) is 4. The highest BCUT2D eigenvalue weighted by molar-refractivity contribution is 7.89. The van der Waals surface area contributed by atoms with Crippen LogP contribution in [0.15, 0.2) is 53.4 Å². The quantitative estimate of drug-likeness (QED) is 0.451. The molecule has 0 unspecified atom stereocenters. The van der Waals surface area contributed by atoms with E-state index in [1.165, 1.54) is 0 Å². The van der Waals surface area contributed by atoms with Gasteiger partial charge in [-0.1, -0.05) is 62.2 Å². The molecule has 0 amide bonds. The minimum absolute atomic E-state index is 0.0758. The number of morpholine rings is 1. The first-order valence-electron chi connectivity index (χ1n) is 11.4. The van der Waals surface area contributed by atoms with Crippen molar-refractivity contribution in [2.24, 2.45) is 0 Å². The van der Waals surface area contributed by atoms with Gasteiger partial charge in [0, 0.05) is 11.6 Å². The molecule has 1 heterocycles. The molecule has 0 bridgehead atoms. The predicted octanol–water partition coefficient (Wildman–Crippen LogP) is 5.67. The number of benzene rings is 2. The van der Waals surface area contributed by atoms with Gasteiger partial charge in [0.1, 0.15) is 0 Å². The van der Waals surface area contributed by atoms with E-state index in [1.807, 2.05) is 43.3 Å². The van der Waals surface area contributed by atoms with Crippen LogP contribution in [0.4, 0.5) is 0 Å². The number of nitrogens with zero attached hydrogens (tertiary/aromatic N) is 1. The van der Waals surface area contributed by atoms with Crippen LogP contribution in [0.2, 0.25) is 23.2 Å². The highest BCUT2D eigenvalue weighted by Crippen LogP contribution is 2.37. The van der Waals surface area contributed by atoms with Crippen LogP contribution in [0.1, 0.15) is 31.9 Å². The lowest BCUT2D eigenvalue weighted by Gasteiger charge is -2.41. The van der Waals surface area contributed by atoms with Gasteiger partial charge in [-0.3, -0.25) is 0 Å². The lowest BCUT2D eigenvalue weighted by Crippen LogP contribution is -2.55. The van der Waals surface area contributed by atoms with E-state index in [-0.39, 0.29) is 23.7 Å². The van der Waals surface area contributed by atoms with Crippen LogP contribution in [0.3, 0.4) is 0 Å². The van der Waals surface area contributed by atoms with Crippen molar-refractivity contribution in [1.82, 2.24) is 4.31 Å². The highest BCUT2D eigenvalue weighted by atomic mass is 35.5. The van der Waals surface area contributed by atoms with Crippen molar-refractivity contribution in [1.29, 1.82) is 0 Å². The van der Waals surface area contributed by atoms with Crippen LogP contribution in [0.25, 0.3) is 0 Å². The number of rotatable bonds is 7. The third-order valence-electron chi connectivity index (χ3n) is 6.76. The van der Waals surface area contributed by atoms with Crippen molar-refractivity contribution in [2.45, 2.75) is 69.3 Å². The molecule has 1 aliphatic heterocycles. The molecular formula is C25H36ClNO4SSi. The van der Waals surface area contributed by atoms with Crippen LogP contribution in [-0.4, -0.2) is 52.9 Å². The molecule has 0 N–H and O–H groups in total. The molecule has 3 rings (SSSR count). The van der Waals surface area contributed by atoms with Gasteiger partial charge in [0.05, 0.1) is 30.3 Å². The molecule has 33 heavy (non-hydrogen) atoms. The van der Waals surface area contributed by atoms with Crippen molar-refractivity contribution in [3.63, 3.8) is 0 Å². The van der Waals surface area contributed by atoms with Crippen molar-refractivity contribution >= 4 is 29.9 Å². The third-order valence-corrected chi connectivity index (χ3v) is 13.4. The minimum Gasteiger partial charge on any atom is -0.414 e. The van der Waals surface area contributed by atoms with Crippen LogP contribution in [0.5, 0.6) is 0 Å². The molecule has 0 aromatic heterocycles. The zero-order chi connectivity index (χ0) is 24.4. The van der Waals surface area contributed by atoms with Crippen molar-refractivity contribution < 1.29 is 17.6 Å². The second-order valence-corrected chi connectivity index (χ2v) is 17.5. The summed E-state index contributed by atoms with van der Waals surface area (Å²) in [7, 11) is -5.66. The molecule has 5 nitrogen and oxygen atoms in total. The normalized spacial score (nSPS) is 20.7. The van der Waals surface area contributed by atoms with Gasteiger partial charge in [0.25, 0.3) is 0 Å². The Morgan fingerprint density at radius 3 is 2.27 bits per heavy atom. The maximum absolute atomic E-state index is 13.7. The first kappa shape index (κ1) is 26.4. The molecule has 2 aromatic rings. The summed E-state index contributed by atoms with van der Waals surface area (Å²) in [4.78, 5) is 0.306. The molecule has 2 aromatic carbocycles. The molecule has 2 atom stereocenters. The Hall–Kier alpha value is -1.22. The second kappa shape index (κ2) is 10.2. The fourth-order valence-corrected chi connectivity index (χ4v) is 6.35. The fraction of sp³-hybridized carbons (Fsp3) is 0.520. The molecule has 0 radical (unpaired) electrons. The standard InChI is InChI=1S/C25H36ClNO4SSi/c1-19-7-13-24(14-8-19)32(28,29)27-16-23(18-31-33(5,6)25(2,3)4)30-17-22(27)15-20-9-11-21(26)12-10-20/h7-14,22-23H,15-18H2,1-6H3/t22-,23-/m0/s1. The van der Waals surface area contributed by atoms with Crippen LogP contribution < -0.4 is 0 Å². The summed E-state index contributed by atoms with van der Waals surface area (Å²) in [5.41, 5.74) is 2.04. The molecule has 0 spiro atoms. The number of sulfonamides is 1. The van der Waals surface area contributed by atoms with Gasteiger partial charge >= 0.3 is 0 Å². The Morgan fingerprint density at radius 1 is 1.09 bits per heavy atom. The molecule has 182 valence electrons. The van der Waals surface area contributed by atoms with E-state index in [2.05, 4.69) is 33.9 Å². The Kier molecular flexibility index (Phi) is 8.14. The summed E-state index contributed by atoms with van der Waals surface area (Å²) in [6.45, 7) is 13.9. The SMILES string of the molecule is Cc1ccc(S(=O)(=O)N2C[C@@H](CO[Si](C)(C)C(C)(C)C)OC[C@@H]2Cc2ccc(Cl)cc2)cc1. The van der Waals surface area contributed by atoms with Gasteiger partial charge in [0.15, 0.2) is 8.32 Å². The Balaban J connectivity index is 1.84. The number of aryl methyl sites for hydroxylation is 1. The van der Waals surface area contributed by atoms with E-state index in [4.69, 9.17) is 20.8 Å². The topological polar surface area (TPSA) is 55.8 Å². The lowest BCUT2D eigenvalue weighted by atomic mass is 10.1. The Bertz CT molecular complexity index is 1030. The molecular weight excluding hydrogens is 474 g/mol. The van der Waals surface area contributed by atoms with Crippen molar-refractivity contribution in [3.05, 3.63) is 64.7 Å². The number of hydrogen-bond donors (Lipinski definition) is 0. The van der Waals surface area contributed by atoms with Crippen LogP contribution in [0, 0.1) is 6.92 Å². The maximum Gasteiger partial charge on any atom is 0.243 e. The predicted molar refractivity (Wildman–Crippen MR) is 137 cm³/mol. The minimum atomic E-state index is -3.69. The van der Waals surface area contributed by atoms with Gasteiger partial charge < -0.3 is 9.16 Å². The summed E-state index contributed by atoms with van der Waals surface area (Å²) in [5, 5.41) is 0.734. The van der Waals surface area contributed by atoms with E-state index < -0.39 is 18.3 Å². The van der Waals surface area contributed by atoms with Crippen molar-refractivity contribution in [3.8, 4) is 0 Å². The molecule has 1 aliphatic rings. The number of ether oxygens (including phenoxy) is 1. The third kappa shape index (κ3) is 6.47. The second-order valence-electron chi connectivity index (χ2n) is 10.4. The molecule has 0 saturated carbocycles. The van der Waals surface area contributed by atoms with E-state index in [0.717, 1.165) is 11.1 Å². The molecule has 1 fully saturated rings. The molecule has 8 heteroatoms.